The van der Waals surface area contributed by atoms with E-state index in [2.05, 4.69) is 23.5 Å². The molecular formula is C15H20N2O. The number of unbranched alkanes of at least 4 members (excludes halogenated alkanes) is 1. The molecule has 1 fully saturated rings. The van der Waals surface area contributed by atoms with Gasteiger partial charge in [0.25, 0.3) is 0 Å². The van der Waals surface area contributed by atoms with Gasteiger partial charge in [-0.3, -0.25) is 0 Å². The largest absolute Gasteiger partial charge is 0.494 e. The lowest BCUT2D eigenvalue weighted by Crippen LogP contribution is -2.28. The number of hydrogen-bond donors (Lipinski definition) is 1. The third-order valence-electron chi connectivity index (χ3n) is 3.35. The average Bonchev–Trinajstić information content (AvgIpc) is 2.45. The van der Waals surface area contributed by atoms with E-state index in [1.165, 1.54) is 18.4 Å². The Kier molecular flexibility index (Phi) is 5.04. The lowest BCUT2D eigenvalue weighted by Gasteiger charge is -2.23. The van der Waals surface area contributed by atoms with Crippen LogP contribution in [0.5, 0.6) is 5.75 Å². The quantitative estimate of drug-likeness (QED) is 0.810. The van der Waals surface area contributed by atoms with Crippen LogP contribution < -0.4 is 10.1 Å². The van der Waals surface area contributed by atoms with Crippen molar-refractivity contribution in [2.45, 2.75) is 31.6 Å². The average molecular weight is 244 g/mol. The first-order valence-electron chi connectivity index (χ1n) is 6.70. The van der Waals surface area contributed by atoms with Crippen LogP contribution in [-0.4, -0.2) is 19.7 Å². The molecule has 0 saturated carbocycles. The maximum Gasteiger partial charge on any atom is 0.119 e. The third kappa shape index (κ3) is 3.75. The van der Waals surface area contributed by atoms with Gasteiger partial charge in [-0.2, -0.15) is 5.26 Å². The Morgan fingerprint density at radius 2 is 2.17 bits per heavy atom. The fourth-order valence-electron chi connectivity index (χ4n) is 2.31. The van der Waals surface area contributed by atoms with Gasteiger partial charge in [0.1, 0.15) is 5.75 Å². The van der Waals surface area contributed by atoms with Crippen LogP contribution in [-0.2, 0) is 0 Å². The van der Waals surface area contributed by atoms with E-state index in [4.69, 9.17) is 10.00 Å². The van der Waals surface area contributed by atoms with Gasteiger partial charge >= 0.3 is 0 Å². The highest BCUT2D eigenvalue weighted by Gasteiger charge is 2.14. The second-order valence-corrected chi connectivity index (χ2v) is 4.72. The zero-order valence-electron chi connectivity index (χ0n) is 10.7. The van der Waals surface area contributed by atoms with Gasteiger partial charge in [-0.15, -0.1) is 0 Å². The zero-order chi connectivity index (χ0) is 12.6. The molecule has 1 unspecified atom stereocenters. The molecule has 0 aliphatic carbocycles. The molecule has 0 amide bonds. The first kappa shape index (κ1) is 12.9. The number of nitrogens with one attached hydrogen (secondary N) is 1. The number of benzene rings is 1. The molecule has 1 N–H and O–H groups in total. The Bertz CT molecular complexity index is 388. The number of ether oxygens (including phenoxy) is 1. The Morgan fingerprint density at radius 3 is 2.83 bits per heavy atom. The van der Waals surface area contributed by atoms with E-state index >= 15 is 0 Å². The predicted molar refractivity (Wildman–Crippen MR) is 71.6 cm³/mol. The fraction of sp³-hybridized carbons (Fsp3) is 0.533. The SMILES string of the molecule is N#CCCCOc1ccc(C2CCCNC2)cc1. The molecule has 0 radical (unpaired) electrons. The van der Waals surface area contributed by atoms with Crippen LogP contribution in [0, 0.1) is 11.3 Å². The van der Waals surface area contributed by atoms with Gasteiger partial charge in [0.2, 0.25) is 0 Å². The standard InChI is InChI=1S/C15H20N2O/c16-9-1-2-11-18-15-7-5-13(6-8-15)14-4-3-10-17-12-14/h5-8,14,17H,1-4,10-12H2. The first-order chi connectivity index (χ1) is 8.90. The Labute approximate surface area is 109 Å². The number of hydrogen-bond acceptors (Lipinski definition) is 3. The van der Waals surface area contributed by atoms with Gasteiger partial charge in [-0.1, -0.05) is 12.1 Å². The van der Waals surface area contributed by atoms with E-state index in [1.807, 2.05) is 12.1 Å². The Morgan fingerprint density at radius 1 is 1.33 bits per heavy atom. The molecule has 1 aliphatic rings. The molecule has 3 nitrogen and oxygen atoms in total. The number of rotatable bonds is 5. The topological polar surface area (TPSA) is 45.0 Å². The summed E-state index contributed by atoms with van der Waals surface area (Å²) in [4.78, 5) is 0. The summed E-state index contributed by atoms with van der Waals surface area (Å²) < 4.78 is 5.58. The molecule has 18 heavy (non-hydrogen) atoms. The smallest absolute Gasteiger partial charge is 0.119 e. The summed E-state index contributed by atoms with van der Waals surface area (Å²) in [6.07, 6.45) is 3.89. The number of nitrogens with zero attached hydrogens (tertiary/aromatic N) is 1. The highest BCUT2D eigenvalue weighted by molar-refractivity contribution is 5.29. The summed E-state index contributed by atoms with van der Waals surface area (Å²) in [5.41, 5.74) is 1.39. The summed E-state index contributed by atoms with van der Waals surface area (Å²) in [6, 6.07) is 10.5. The highest BCUT2D eigenvalue weighted by Crippen LogP contribution is 2.25. The van der Waals surface area contributed by atoms with Crippen LogP contribution in [0.2, 0.25) is 0 Å². The highest BCUT2D eigenvalue weighted by atomic mass is 16.5. The monoisotopic (exact) mass is 244 g/mol. The molecule has 1 heterocycles. The van der Waals surface area contributed by atoms with Crippen molar-refractivity contribution in [1.29, 1.82) is 5.26 Å². The van der Waals surface area contributed by atoms with Crippen molar-refractivity contribution in [3.05, 3.63) is 29.8 Å². The van der Waals surface area contributed by atoms with E-state index in [9.17, 15) is 0 Å². The lowest BCUT2D eigenvalue weighted by atomic mass is 9.92. The fourth-order valence-corrected chi connectivity index (χ4v) is 2.31. The molecule has 0 bridgehead atoms. The molecule has 0 spiro atoms. The van der Waals surface area contributed by atoms with Crippen molar-refractivity contribution in [1.82, 2.24) is 5.32 Å². The van der Waals surface area contributed by atoms with Crippen molar-refractivity contribution in [2.75, 3.05) is 19.7 Å². The second kappa shape index (κ2) is 7.03. The predicted octanol–water partition coefficient (Wildman–Crippen LogP) is 2.84. The van der Waals surface area contributed by atoms with Crippen LogP contribution in [0.25, 0.3) is 0 Å². The molecule has 1 aliphatic heterocycles. The van der Waals surface area contributed by atoms with Gasteiger partial charge in [-0.25, -0.2) is 0 Å². The summed E-state index contributed by atoms with van der Waals surface area (Å²) in [7, 11) is 0. The molecule has 0 aromatic heterocycles. The van der Waals surface area contributed by atoms with E-state index in [0.29, 0.717) is 18.9 Å². The summed E-state index contributed by atoms with van der Waals surface area (Å²) in [6.45, 7) is 2.86. The minimum Gasteiger partial charge on any atom is -0.494 e. The van der Waals surface area contributed by atoms with Gasteiger partial charge in [0, 0.05) is 13.0 Å². The first-order valence-corrected chi connectivity index (χ1v) is 6.70. The lowest BCUT2D eigenvalue weighted by molar-refractivity contribution is 0.312. The van der Waals surface area contributed by atoms with Crippen LogP contribution in [0.4, 0.5) is 0 Å². The van der Waals surface area contributed by atoms with Crippen LogP contribution in [0.1, 0.15) is 37.2 Å². The van der Waals surface area contributed by atoms with Gasteiger partial charge in [-0.05, 0) is 49.4 Å². The molecule has 1 aromatic rings. The van der Waals surface area contributed by atoms with E-state index in [-0.39, 0.29) is 0 Å². The third-order valence-corrected chi connectivity index (χ3v) is 3.35. The van der Waals surface area contributed by atoms with Crippen LogP contribution >= 0.6 is 0 Å². The van der Waals surface area contributed by atoms with Gasteiger partial charge in [0.15, 0.2) is 0 Å². The van der Waals surface area contributed by atoms with E-state index < -0.39 is 0 Å². The number of piperidine rings is 1. The maximum absolute atomic E-state index is 8.43. The molecule has 3 heteroatoms. The second-order valence-electron chi connectivity index (χ2n) is 4.72. The molecule has 1 atom stereocenters. The molecule has 96 valence electrons. The van der Waals surface area contributed by atoms with Crippen molar-refractivity contribution >= 4 is 0 Å². The number of nitriles is 1. The Balaban J connectivity index is 1.83. The normalized spacial score (nSPS) is 19.2. The van der Waals surface area contributed by atoms with Crippen LogP contribution in [0.3, 0.4) is 0 Å². The summed E-state index contributed by atoms with van der Waals surface area (Å²) in [5, 5.41) is 11.9. The minimum atomic E-state index is 0.561. The van der Waals surface area contributed by atoms with Crippen molar-refractivity contribution < 1.29 is 4.74 Å². The van der Waals surface area contributed by atoms with E-state index in [1.54, 1.807) is 0 Å². The molecule has 2 rings (SSSR count). The van der Waals surface area contributed by atoms with Crippen molar-refractivity contribution in [3.8, 4) is 11.8 Å². The van der Waals surface area contributed by atoms with Crippen molar-refractivity contribution in [2.24, 2.45) is 0 Å². The minimum absolute atomic E-state index is 0.561. The summed E-state index contributed by atoms with van der Waals surface area (Å²) in [5.74, 6) is 1.55. The van der Waals surface area contributed by atoms with E-state index in [0.717, 1.165) is 25.3 Å². The van der Waals surface area contributed by atoms with Gasteiger partial charge in [0.05, 0.1) is 12.7 Å². The van der Waals surface area contributed by atoms with Crippen molar-refractivity contribution in [3.63, 3.8) is 0 Å². The maximum atomic E-state index is 8.43. The molecule has 1 aromatic carbocycles. The summed E-state index contributed by atoms with van der Waals surface area (Å²) >= 11 is 0. The molecule has 1 saturated heterocycles. The Hall–Kier alpha value is -1.53. The zero-order valence-corrected chi connectivity index (χ0v) is 10.7. The molecular weight excluding hydrogens is 224 g/mol. The van der Waals surface area contributed by atoms with Crippen LogP contribution in [0.15, 0.2) is 24.3 Å². The van der Waals surface area contributed by atoms with Gasteiger partial charge < -0.3 is 10.1 Å².